The molecule has 3 N–H and O–H groups in total. The predicted octanol–water partition coefficient (Wildman–Crippen LogP) is 2.26. The first-order valence-electron chi connectivity index (χ1n) is 6.40. The minimum atomic E-state index is -1.10. The van der Waals surface area contributed by atoms with E-state index >= 15 is 0 Å². The Morgan fingerprint density at radius 2 is 2.00 bits per heavy atom. The number of anilines is 1. The third-order valence-corrected chi connectivity index (χ3v) is 3.05. The maximum Gasteiger partial charge on any atom is 0.371 e. The summed E-state index contributed by atoms with van der Waals surface area (Å²) < 4.78 is 5.16. The molecule has 21 heavy (non-hydrogen) atoms. The maximum absolute atomic E-state index is 11.6. The van der Waals surface area contributed by atoms with E-state index < -0.39 is 5.97 Å². The average Bonchev–Trinajstić information content (AvgIpc) is 2.94. The smallest absolute Gasteiger partial charge is 0.371 e. The largest absolute Gasteiger partial charge is 0.475 e. The Hall–Kier alpha value is -2.76. The van der Waals surface area contributed by atoms with Crippen LogP contribution < -0.4 is 10.6 Å². The van der Waals surface area contributed by atoms with Gasteiger partial charge >= 0.3 is 5.97 Å². The van der Waals surface area contributed by atoms with Crippen molar-refractivity contribution in [2.75, 3.05) is 12.4 Å². The molecule has 0 bridgehead atoms. The molecule has 6 heteroatoms. The van der Waals surface area contributed by atoms with Crippen LogP contribution in [-0.2, 0) is 6.54 Å². The molecule has 6 nitrogen and oxygen atoms in total. The summed E-state index contributed by atoms with van der Waals surface area (Å²) in [6.45, 7) is 2.26. The molecule has 0 saturated carbocycles. The first kappa shape index (κ1) is 14.6. The Morgan fingerprint density at radius 1 is 1.24 bits per heavy atom. The fraction of sp³-hybridized carbons (Fsp3) is 0.200. The Kier molecular flexibility index (Phi) is 4.27. The van der Waals surface area contributed by atoms with Crippen molar-refractivity contribution in [3.05, 3.63) is 53.0 Å². The van der Waals surface area contributed by atoms with E-state index in [1.807, 2.05) is 13.0 Å². The minimum absolute atomic E-state index is 0.0948. The number of benzene rings is 1. The lowest BCUT2D eigenvalue weighted by Gasteiger charge is -2.10. The van der Waals surface area contributed by atoms with Crippen molar-refractivity contribution in [2.45, 2.75) is 13.5 Å². The molecule has 1 amide bonds. The second kappa shape index (κ2) is 6.13. The second-order valence-electron chi connectivity index (χ2n) is 4.53. The van der Waals surface area contributed by atoms with Gasteiger partial charge in [-0.15, -0.1) is 0 Å². The number of hydrogen-bond donors (Lipinski definition) is 3. The molecule has 0 saturated heterocycles. The SMILES string of the molecule is CNC(=O)c1ccc(C)c(NCc2ccc(C(=O)O)o2)c1. The summed E-state index contributed by atoms with van der Waals surface area (Å²) >= 11 is 0. The van der Waals surface area contributed by atoms with Gasteiger partial charge in [-0.25, -0.2) is 4.79 Å². The van der Waals surface area contributed by atoms with Gasteiger partial charge in [-0.3, -0.25) is 4.79 Å². The van der Waals surface area contributed by atoms with Gasteiger partial charge in [0.1, 0.15) is 5.76 Å². The van der Waals surface area contributed by atoms with E-state index in [9.17, 15) is 9.59 Å². The molecule has 1 heterocycles. The van der Waals surface area contributed by atoms with Crippen molar-refractivity contribution in [3.63, 3.8) is 0 Å². The predicted molar refractivity (Wildman–Crippen MR) is 77.6 cm³/mol. The molecule has 0 atom stereocenters. The van der Waals surface area contributed by atoms with Crippen LogP contribution in [0.2, 0.25) is 0 Å². The fourth-order valence-electron chi connectivity index (χ4n) is 1.87. The number of amides is 1. The first-order chi connectivity index (χ1) is 10.0. The van der Waals surface area contributed by atoms with Gasteiger partial charge in [-0.2, -0.15) is 0 Å². The molecule has 0 fully saturated rings. The second-order valence-corrected chi connectivity index (χ2v) is 4.53. The number of aryl methyl sites for hydroxylation is 1. The fourth-order valence-corrected chi connectivity index (χ4v) is 1.87. The molecule has 0 aliphatic rings. The van der Waals surface area contributed by atoms with E-state index in [2.05, 4.69) is 10.6 Å². The highest BCUT2D eigenvalue weighted by molar-refractivity contribution is 5.95. The molecule has 0 aliphatic heterocycles. The van der Waals surface area contributed by atoms with Crippen LogP contribution in [0.3, 0.4) is 0 Å². The summed E-state index contributed by atoms with van der Waals surface area (Å²) in [4.78, 5) is 22.3. The molecule has 2 rings (SSSR count). The highest BCUT2D eigenvalue weighted by atomic mass is 16.4. The van der Waals surface area contributed by atoms with Crippen LogP contribution in [0.5, 0.6) is 0 Å². The third kappa shape index (κ3) is 3.42. The Morgan fingerprint density at radius 3 is 2.62 bits per heavy atom. The van der Waals surface area contributed by atoms with Crippen molar-refractivity contribution in [1.82, 2.24) is 5.32 Å². The summed E-state index contributed by atoms with van der Waals surface area (Å²) in [5.41, 5.74) is 2.33. The molecule has 1 aromatic heterocycles. The van der Waals surface area contributed by atoms with E-state index in [4.69, 9.17) is 9.52 Å². The zero-order valence-electron chi connectivity index (χ0n) is 11.8. The van der Waals surface area contributed by atoms with E-state index in [1.54, 1.807) is 25.2 Å². The maximum atomic E-state index is 11.6. The molecule has 110 valence electrons. The van der Waals surface area contributed by atoms with Crippen LogP contribution in [0.1, 0.15) is 32.2 Å². The van der Waals surface area contributed by atoms with E-state index in [1.165, 1.54) is 6.07 Å². The number of carbonyl (C=O) groups is 2. The monoisotopic (exact) mass is 288 g/mol. The Labute approximate surface area is 121 Å². The van der Waals surface area contributed by atoms with Gasteiger partial charge in [-0.1, -0.05) is 6.07 Å². The standard InChI is InChI=1S/C15H16N2O4/c1-9-3-4-10(14(18)16-2)7-12(9)17-8-11-5-6-13(21-11)15(19)20/h3-7,17H,8H2,1-2H3,(H,16,18)(H,19,20). The van der Waals surface area contributed by atoms with E-state index in [-0.39, 0.29) is 11.7 Å². The Bertz CT molecular complexity index is 676. The van der Waals surface area contributed by atoms with Gasteiger partial charge in [0, 0.05) is 18.3 Å². The van der Waals surface area contributed by atoms with Crippen LogP contribution in [-0.4, -0.2) is 24.0 Å². The molecule has 1 aromatic carbocycles. The lowest BCUT2D eigenvalue weighted by Crippen LogP contribution is -2.18. The number of carbonyl (C=O) groups excluding carboxylic acids is 1. The van der Waals surface area contributed by atoms with Gasteiger partial charge in [0.15, 0.2) is 0 Å². The molecule has 0 unspecified atom stereocenters. The highest BCUT2D eigenvalue weighted by Gasteiger charge is 2.10. The zero-order chi connectivity index (χ0) is 15.4. The highest BCUT2D eigenvalue weighted by Crippen LogP contribution is 2.18. The summed E-state index contributed by atoms with van der Waals surface area (Å²) in [6.07, 6.45) is 0. The van der Waals surface area contributed by atoms with Crippen LogP contribution in [0.15, 0.2) is 34.7 Å². The summed E-state index contributed by atoms with van der Waals surface area (Å²) in [7, 11) is 1.57. The lowest BCUT2D eigenvalue weighted by molar-refractivity contribution is 0.0660. The molecular weight excluding hydrogens is 272 g/mol. The first-order valence-corrected chi connectivity index (χ1v) is 6.40. The number of aromatic carboxylic acids is 1. The molecule has 0 spiro atoms. The van der Waals surface area contributed by atoms with Crippen LogP contribution in [0, 0.1) is 6.92 Å². The quantitative estimate of drug-likeness (QED) is 0.785. The number of carboxylic acid groups (broad SMARTS) is 1. The average molecular weight is 288 g/mol. The van der Waals surface area contributed by atoms with Crippen molar-refractivity contribution in [1.29, 1.82) is 0 Å². The number of hydrogen-bond acceptors (Lipinski definition) is 4. The summed E-state index contributed by atoms with van der Waals surface area (Å²) in [5, 5.41) is 14.5. The van der Waals surface area contributed by atoms with Crippen LogP contribution >= 0.6 is 0 Å². The number of nitrogens with one attached hydrogen (secondary N) is 2. The number of rotatable bonds is 5. The Balaban J connectivity index is 2.11. The van der Waals surface area contributed by atoms with Gasteiger partial charge in [0.05, 0.1) is 6.54 Å². The van der Waals surface area contributed by atoms with Crippen LogP contribution in [0.4, 0.5) is 5.69 Å². The van der Waals surface area contributed by atoms with Crippen molar-refractivity contribution < 1.29 is 19.1 Å². The lowest BCUT2D eigenvalue weighted by atomic mass is 10.1. The van der Waals surface area contributed by atoms with Crippen molar-refractivity contribution in [2.24, 2.45) is 0 Å². The van der Waals surface area contributed by atoms with Gasteiger partial charge < -0.3 is 20.2 Å². The number of carboxylic acids is 1. The minimum Gasteiger partial charge on any atom is -0.475 e. The van der Waals surface area contributed by atoms with Gasteiger partial charge in [0.2, 0.25) is 5.76 Å². The molecule has 2 aromatic rings. The summed E-state index contributed by atoms with van der Waals surface area (Å²) in [6, 6.07) is 8.35. The van der Waals surface area contributed by atoms with E-state index in [0.717, 1.165) is 11.3 Å². The van der Waals surface area contributed by atoms with Crippen LogP contribution in [0.25, 0.3) is 0 Å². The summed E-state index contributed by atoms with van der Waals surface area (Å²) in [5.74, 6) is -0.844. The molecule has 0 radical (unpaired) electrons. The molecule has 0 aliphatic carbocycles. The topological polar surface area (TPSA) is 91.6 Å². The van der Waals surface area contributed by atoms with E-state index in [0.29, 0.717) is 17.9 Å². The normalized spacial score (nSPS) is 10.2. The molecular formula is C15H16N2O4. The van der Waals surface area contributed by atoms with Crippen molar-refractivity contribution in [3.8, 4) is 0 Å². The van der Waals surface area contributed by atoms with Crippen molar-refractivity contribution >= 4 is 17.6 Å². The number of furan rings is 1. The third-order valence-electron chi connectivity index (χ3n) is 3.05. The van der Waals surface area contributed by atoms with Gasteiger partial charge in [-0.05, 0) is 36.8 Å². The zero-order valence-corrected chi connectivity index (χ0v) is 11.8. The van der Waals surface area contributed by atoms with Gasteiger partial charge in [0.25, 0.3) is 5.91 Å².